The van der Waals surface area contributed by atoms with Gasteiger partial charge in [-0.1, -0.05) is 6.92 Å². The van der Waals surface area contributed by atoms with Crippen LogP contribution in [0.1, 0.15) is 47.0 Å². The van der Waals surface area contributed by atoms with Crippen molar-refractivity contribution < 1.29 is 23.9 Å². The molecule has 0 aromatic heterocycles. The minimum atomic E-state index is -1.22. The summed E-state index contributed by atoms with van der Waals surface area (Å²) in [4.78, 5) is 35.0. The Balaban J connectivity index is 4.82. The fraction of sp³-hybridized carbons (Fsp3) is 0.769. The summed E-state index contributed by atoms with van der Waals surface area (Å²) in [6.45, 7) is 6.99. The van der Waals surface area contributed by atoms with E-state index in [0.717, 1.165) is 0 Å². The molecule has 0 bridgehead atoms. The van der Waals surface area contributed by atoms with Crippen molar-refractivity contribution in [3.63, 3.8) is 0 Å². The van der Waals surface area contributed by atoms with Gasteiger partial charge in [0.2, 0.25) is 0 Å². The molecule has 0 aliphatic heterocycles. The van der Waals surface area contributed by atoms with Crippen molar-refractivity contribution in [3.05, 3.63) is 0 Å². The summed E-state index contributed by atoms with van der Waals surface area (Å²) in [5.74, 6) is -1.22. The zero-order valence-corrected chi connectivity index (χ0v) is 11.6. The Labute approximate surface area is 108 Å². The summed E-state index contributed by atoms with van der Waals surface area (Å²) >= 11 is 0. The van der Waals surface area contributed by atoms with Gasteiger partial charge in [-0.25, -0.2) is 0 Å². The largest absolute Gasteiger partial charge is 0.466 e. The summed E-state index contributed by atoms with van der Waals surface area (Å²) in [6.07, 6.45) is 0.497. The number of esters is 2. The van der Waals surface area contributed by atoms with E-state index in [-0.39, 0.29) is 31.8 Å². The quantitative estimate of drug-likeness (QED) is 0.491. The highest BCUT2D eigenvalue weighted by Gasteiger charge is 2.43. The molecular formula is C13H22O5. The maximum absolute atomic E-state index is 11.9. The summed E-state index contributed by atoms with van der Waals surface area (Å²) in [6, 6.07) is 0. The first-order valence-corrected chi connectivity index (χ1v) is 6.28. The summed E-state index contributed by atoms with van der Waals surface area (Å²) in [5, 5.41) is 0. The Hall–Kier alpha value is -1.39. The van der Waals surface area contributed by atoms with Crippen LogP contribution in [0.4, 0.5) is 0 Å². The highest BCUT2D eigenvalue weighted by molar-refractivity contribution is 6.02. The molecule has 5 nitrogen and oxygen atoms in total. The zero-order chi connectivity index (χ0) is 14.2. The van der Waals surface area contributed by atoms with Gasteiger partial charge >= 0.3 is 11.9 Å². The van der Waals surface area contributed by atoms with Crippen LogP contribution in [0, 0.1) is 5.41 Å². The first-order chi connectivity index (χ1) is 8.44. The molecule has 0 amide bonds. The summed E-state index contributed by atoms with van der Waals surface area (Å²) in [5.41, 5.74) is -1.22. The van der Waals surface area contributed by atoms with Crippen molar-refractivity contribution in [1.82, 2.24) is 0 Å². The minimum Gasteiger partial charge on any atom is -0.466 e. The van der Waals surface area contributed by atoms with Gasteiger partial charge in [-0.15, -0.1) is 0 Å². The Morgan fingerprint density at radius 3 is 1.94 bits per heavy atom. The molecule has 1 unspecified atom stereocenters. The standard InChI is InChI=1S/C13H22O5/c1-5-13(10(4)14,12(16)18-7-3)9-8-11(15)17-6-2/h5-9H2,1-4H3. The van der Waals surface area contributed by atoms with Crippen molar-refractivity contribution in [1.29, 1.82) is 0 Å². The van der Waals surface area contributed by atoms with E-state index in [4.69, 9.17) is 9.47 Å². The number of carbonyl (C=O) groups excluding carboxylic acids is 3. The molecule has 18 heavy (non-hydrogen) atoms. The van der Waals surface area contributed by atoms with Crippen LogP contribution >= 0.6 is 0 Å². The molecule has 0 spiro atoms. The Morgan fingerprint density at radius 1 is 1.00 bits per heavy atom. The molecule has 0 fully saturated rings. The Kier molecular flexibility index (Phi) is 7.24. The average Bonchev–Trinajstić information content (AvgIpc) is 2.30. The molecule has 5 heteroatoms. The topological polar surface area (TPSA) is 69.7 Å². The first kappa shape index (κ1) is 16.6. The maximum Gasteiger partial charge on any atom is 0.319 e. The molecule has 0 aliphatic carbocycles. The van der Waals surface area contributed by atoms with Gasteiger partial charge in [-0.2, -0.15) is 0 Å². The molecule has 104 valence electrons. The van der Waals surface area contributed by atoms with Crippen LogP contribution in [-0.2, 0) is 23.9 Å². The molecule has 1 atom stereocenters. The van der Waals surface area contributed by atoms with Gasteiger partial charge in [0.25, 0.3) is 0 Å². The molecule has 0 heterocycles. The zero-order valence-electron chi connectivity index (χ0n) is 11.6. The van der Waals surface area contributed by atoms with E-state index in [1.165, 1.54) is 6.92 Å². The Bertz CT molecular complexity index is 311. The maximum atomic E-state index is 11.9. The summed E-state index contributed by atoms with van der Waals surface area (Å²) in [7, 11) is 0. The van der Waals surface area contributed by atoms with Gasteiger partial charge < -0.3 is 9.47 Å². The number of rotatable bonds is 8. The van der Waals surface area contributed by atoms with Gasteiger partial charge in [0.15, 0.2) is 0 Å². The molecule has 0 aliphatic rings. The van der Waals surface area contributed by atoms with Crippen molar-refractivity contribution in [3.8, 4) is 0 Å². The van der Waals surface area contributed by atoms with Crippen LogP contribution in [0.2, 0.25) is 0 Å². The third kappa shape index (κ3) is 4.13. The van der Waals surface area contributed by atoms with Crippen LogP contribution in [0.15, 0.2) is 0 Å². The summed E-state index contributed by atoms with van der Waals surface area (Å²) < 4.78 is 9.74. The number of hydrogen-bond donors (Lipinski definition) is 0. The average molecular weight is 258 g/mol. The van der Waals surface area contributed by atoms with Crippen LogP contribution in [0.3, 0.4) is 0 Å². The smallest absolute Gasteiger partial charge is 0.319 e. The van der Waals surface area contributed by atoms with E-state index >= 15 is 0 Å². The minimum absolute atomic E-state index is 0.0417. The molecular weight excluding hydrogens is 236 g/mol. The van der Waals surface area contributed by atoms with Crippen LogP contribution in [0.5, 0.6) is 0 Å². The first-order valence-electron chi connectivity index (χ1n) is 6.28. The molecule has 0 saturated heterocycles. The number of ketones is 1. The van der Waals surface area contributed by atoms with E-state index < -0.39 is 17.4 Å². The third-order valence-corrected chi connectivity index (χ3v) is 3.00. The molecule has 0 aromatic rings. The van der Waals surface area contributed by atoms with E-state index in [9.17, 15) is 14.4 Å². The van der Waals surface area contributed by atoms with E-state index in [2.05, 4.69) is 0 Å². The number of Topliss-reactive ketones (excluding diaryl/α,β-unsaturated/α-hetero) is 1. The van der Waals surface area contributed by atoms with Crippen LogP contribution in [0.25, 0.3) is 0 Å². The lowest BCUT2D eigenvalue weighted by Gasteiger charge is -2.27. The lowest BCUT2D eigenvalue weighted by Crippen LogP contribution is -2.39. The number of hydrogen-bond acceptors (Lipinski definition) is 5. The molecule has 0 saturated carbocycles. The molecule has 0 N–H and O–H groups in total. The van der Waals surface area contributed by atoms with Crippen molar-refractivity contribution in [2.75, 3.05) is 13.2 Å². The van der Waals surface area contributed by atoms with Gasteiger partial charge in [0.05, 0.1) is 13.2 Å². The van der Waals surface area contributed by atoms with Crippen molar-refractivity contribution in [2.45, 2.75) is 47.0 Å². The lowest BCUT2D eigenvalue weighted by atomic mass is 9.77. The Morgan fingerprint density at radius 2 is 1.56 bits per heavy atom. The predicted molar refractivity (Wildman–Crippen MR) is 65.9 cm³/mol. The van der Waals surface area contributed by atoms with Gasteiger partial charge in [0, 0.05) is 6.42 Å². The fourth-order valence-electron chi connectivity index (χ4n) is 1.81. The normalized spacial score (nSPS) is 13.6. The van der Waals surface area contributed by atoms with E-state index in [0.29, 0.717) is 6.42 Å². The highest BCUT2D eigenvalue weighted by atomic mass is 16.5. The second kappa shape index (κ2) is 7.84. The molecule has 0 rings (SSSR count). The van der Waals surface area contributed by atoms with Gasteiger partial charge in [0.1, 0.15) is 11.2 Å². The lowest BCUT2D eigenvalue weighted by molar-refractivity contribution is -0.161. The molecule has 0 aromatic carbocycles. The number of ether oxygens (including phenoxy) is 2. The predicted octanol–water partition coefficient (Wildman–Crippen LogP) is 1.88. The van der Waals surface area contributed by atoms with E-state index in [1.807, 2.05) is 0 Å². The van der Waals surface area contributed by atoms with Gasteiger partial charge in [-0.3, -0.25) is 14.4 Å². The molecule has 0 radical (unpaired) electrons. The fourth-order valence-corrected chi connectivity index (χ4v) is 1.81. The highest BCUT2D eigenvalue weighted by Crippen LogP contribution is 2.31. The van der Waals surface area contributed by atoms with Crippen LogP contribution < -0.4 is 0 Å². The van der Waals surface area contributed by atoms with Crippen molar-refractivity contribution >= 4 is 17.7 Å². The number of carbonyl (C=O) groups is 3. The SMILES string of the molecule is CCOC(=O)CCC(CC)(C(C)=O)C(=O)OCC. The second-order valence-electron chi connectivity index (χ2n) is 4.02. The van der Waals surface area contributed by atoms with Crippen molar-refractivity contribution in [2.24, 2.45) is 5.41 Å². The third-order valence-electron chi connectivity index (χ3n) is 3.00. The second-order valence-corrected chi connectivity index (χ2v) is 4.02. The monoisotopic (exact) mass is 258 g/mol. The van der Waals surface area contributed by atoms with Crippen LogP contribution in [-0.4, -0.2) is 30.9 Å². The van der Waals surface area contributed by atoms with E-state index in [1.54, 1.807) is 20.8 Å². The van der Waals surface area contributed by atoms with Gasteiger partial charge in [-0.05, 0) is 33.6 Å².